The summed E-state index contributed by atoms with van der Waals surface area (Å²) in [6.45, 7) is 0.156. The predicted octanol–water partition coefficient (Wildman–Crippen LogP) is 2.60. The van der Waals surface area contributed by atoms with Crippen LogP contribution in [0.2, 0.25) is 10.2 Å². The van der Waals surface area contributed by atoms with Crippen LogP contribution in [0, 0.1) is 0 Å². The number of pyridine rings is 2. The van der Waals surface area contributed by atoms with E-state index in [-0.39, 0.29) is 21.6 Å². The molecule has 8 heteroatoms. The average Bonchev–Trinajstić information content (AvgIpc) is 2.42. The van der Waals surface area contributed by atoms with Gasteiger partial charge in [-0.15, -0.1) is 0 Å². The maximum atomic E-state index is 12.4. The molecule has 0 aliphatic carbocycles. The van der Waals surface area contributed by atoms with Crippen molar-refractivity contribution < 1.29 is 8.42 Å². The second kappa shape index (κ2) is 6.05. The Hall–Kier alpha value is -1.21. The zero-order valence-corrected chi connectivity index (χ0v) is 12.8. The van der Waals surface area contributed by atoms with Crippen LogP contribution in [0.4, 0.5) is 0 Å². The molecular weight excluding hydrogens is 321 g/mol. The lowest BCUT2D eigenvalue weighted by atomic mass is 10.3. The van der Waals surface area contributed by atoms with Gasteiger partial charge in [-0.25, -0.2) is 13.4 Å². The van der Waals surface area contributed by atoms with Gasteiger partial charge in [-0.05, 0) is 18.2 Å². The normalized spacial score (nSPS) is 11.8. The van der Waals surface area contributed by atoms with E-state index in [1.807, 2.05) is 0 Å². The van der Waals surface area contributed by atoms with Crippen molar-refractivity contribution in [1.82, 2.24) is 14.3 Å². The monoisotopic (exact) mass is 331 g/mol. The van der Waals surface area contributed by atoms with Gasteiger partial charge in [0.25, 0.3) is 0 Å². The van der Waals surface area contributed by atoms with E-state index in [2.05, 4.69) is 9.97 Å². The lowest BCUT2D eigenvalue weighted by molar-refractivity contribution is 0.462. The van der Waals surface area contributed by atoms with Crippen LogP contribution in [-0.2, 0) is 16.6 Å². The molecule has 0 amide bonds. The molecule has 0 fully saturated rings. The van der Waals surface area contributed by atoms with Crippen LogP contribution in [0.25, 0.3) is 0 Å². The molecule has 2 heterocycles. The minimum Gasteiger partial charge on any atom is -0.260 e. The Morgan fingerprint density at radius 1 is 1.25 bits per heavy atom. The van der Waals surface area contributed by atoms with Gasteiger partial charge in [-0.2, -0.15) is 4.31 Å². The van der Waals surface area contributed by atoms with Crippen LogP contribution in [0.1, 0.15) is 5.69 Å². The Bertz CT molecular complexity index is 708. The summed E-state index contributed by atoms with van der Waals surface area (Å²) in [6.07, 6.45) is 2.79. The summed E-state index contributed by atoms with van der Waals surface area (Å²) in [5, 5.41) is 0.164. The molecule has 0 aromatic carbocycles. The average molecular weight is 332 g/mol. The highest BCUT2D eigenvalue weighted by Gasteiger charge is 2.22. The van der Waals surface area contributed by atoms with Gasteiger partial charge < -0.3 is 0 Å². The summed E-state index contributed by atoms with van der Waals surface area (Å²) >= 11 is 11.5. The second-order valence-electron chi connectivity index (χ2n) is 4.03. The number of hydrogen-bond donors (Lipinski definition) is 0. The number of nitrogens with zero attached hydrogens (tertiary/aromatic N) is 3. The van der Waals surface area contributed by atoms with Gasteiger partial charge in [0.2, 0.25) is 10.0 Å². The quantitative estimate of drug-likeness (QED) is 0.808. The zero-order valence-electron chi connectivity index (χ0n) is 10.5. The van der Waals surface area contributed by atoms with Crippen LogP contribution >= 0.6 is 23.2 Å². The van der Waals surface area contributed by atoms with E-state index < -0.39 is 10.0 Å². The molecule has 2 aromatic heterocycles. The third kappa shape index (κ3) is 3.27. The van der Waals surface area contributed by atoms with Crippen molar-refractivity contribution in [3.63, 3.8) is 0 Å². The van der Waals surface area contributed by atoms with Crippen molar-refractivity contribution in [3.05, 3.63) is 52.5 Å². The molecule has 20 heavy (non-hydrogen) atoms. The first-order valence-corrected chi connectivity index (χ1v) is 7.78. The predicted molar refractivity (Wildman–Crippen MR) is 77.1 cm³/mol. The molecule has 0 spiro atoms. The molecule has 0 unspecified atom stereocenters. The van der Waals surface area contributed by atoms with E-state index in [1.165, 1.54) is 23.6 Å². The lowest BCUT2D eigenvalue weighted by Crippen LogP contribution is -2.27. The molecule has 0 aliphatic heterocycles. The molecular formula is C12H11Cl2N3O2S. The van der Waals surface area contributed by atoms with Crippen molar-refractivity contribution in [3.8, 4) is 0 Å². The molecule has 0 saturated heterocycles. The van der Waals surface area contributed by atoms with Crippen LogP contribution < -0.4 is 0 Å². The van der Waals surface area contributed by atoms with E-state index in [4.69, 9.17) is 23.2 Å². The smallest absolute Gasteiger partial charge is 0.244 e. The number of halogens is 2. The van der Waals surface area contributed by atoms with E-state index >= 15 is 0 Å². The van der Waals surface area contributed by atoms with Crippen molar-refractivity contribution in [1.29, 1.82) is 0 Å². The van der Waals surface area contributed by atoms with E-state index in [1.54, 1.807) is 24.4 Å². The summed E-state index contributed by atoms with van der Waals surface area (Å²) in [7, 11) is -2.22. The minimum atomic E-state index is -3.69. The first kappa shape index (κ1) is 15.2. The SMILES string of the molecule is CN(Cc1ccccn1)S(=O)(=O)c1cnc(Cl)c(Cl)c1. The minimum absolute atomic E-state index is 0.00895. The molecule has 5 nitrogen and oxygen atoms in total. The van der Waals surface area contributed by atoms with Crippen molar-refractivity contribution in [2.45, 2.75) is 11.4 Å². The lowest BCUT2D eigenvalue weighted by Gasteiger charge is -2.16. The van der Waals surface area contributed by atoms with Crippen molar-refractivity contribution >= 4 is 33.2 Å². The second-order valence-corrected chi connectivity index (χ2v) is 6.84. The number of aromatic nitrogens is 2. The molecule has 0 bridgehead atoms. The Morgan fingerprint density at radius 2 is 2.00 bits per heavy atom. The summed E-state index contributed by atoms with van der Waals surface area (Å²) in [5.74, 6) is 0. The summed E-state index contributed by atoms with van der Waals surface area (Å²) in [6, 6.07) is 6.59. The van der Waals surface area contributed by atoms with E-state index in [0.717, 1.165) is 0 Å². The van der Waals surface area contributed by atoms with Gasteiger partial charge in [-0.3, -0.25) is 4.98 Å². The Morgan fingerprint density at radius 3 is 2.60 bits per heavy atom. The van der Waals surface area contributed by atoms with E-state index in [0.29, 0.717) is 5.69 Å². The zero-order chi connectivity index (χ0) is 14.8. The maximum Gasteiger partial charge on any atom is 0.244 e. The highest BCUT2D eigenvalue weighted by atomic mass is 35.5. The molecule has 0 N–H and O–H groups in total. The van der Waals surface area contributed by atoms with Crippen molar-refractivity contribution in [2.24, 2.45) is 0 Å². The van der Waals surface area contributed by atoms with Gasteiger partial charge in [0.15, 0.2) is 0 Å². The fraction of sp³-hybridized carbons (Fsp3) is 0.167. The summed E-state index contributed by atoms with van der Waals surface area (Å²) < 4.78 is 25.9. The summed E-state index contributed by atoms with van der Waals surface area (Å²) in [4.78, 5) is 7.83. The van der Waals surface area contributed by atoms with Crippen LogP contribution in [-0.4, -0.2) is 29.7 Å². The topological polar surface area (TPSA) is 63.2 Å². The molecule has 0 saturated carbocycles. The molecule has 2 aromatic rings. The molecule has 106 valence electrons. The van der Waals surface area contributed by atoms with Crippen LogP contribution in [0.3, 0.4) is 0 Å². The van der Waals surface area contributed by atoms with Gasteiger partial charge >= 0.3 is 0 Å². The highest BCUT2D eigenvalue weighted by molar-refractivity contribution is 7.89. The highest BCUT2D eigenvalue weighted by Crippen LogP contribution is 2.24. The first-order chi connectivity index (χ1) is 9.41. The van der Waals surface area contributed by atoms with Crippen molar-refractivity contribution in [2.75, 3.05) is 7.05 Å². The maximum absolute atomic E-state index is 12.4. The first-order valence-electron chi connectivity index (χ1n) is 5.58. The Balaban J connectivity index is 2.27. The third-order valence-corrected chi connectivity index (χ3v) is 5.04. The number of rotatable bonds is 4. The van der Waals surface area contributed by atoms with Crippen LogP contribution in [0.5, 0.6) is 0 Å². The van der Waals surface area contributed by atoms with Gasteiger partial charge in [0.05, 0.1) is 17.3 Å². The fourth-order valence-corrected chi connectivity index (χ4v) is 2.98. The largest absolute Gasteiger partial charge is 0.260 e. The van der Waals surface area contributed by atoms with Crippen LogP contribution in [0.15, 0.2) is 41.6 Å². The van der Waals surface area contributed by atoms with Gasteiger partial charge in [-0.1, -0.05) is 29.3 Å². The fourth-order valence-electron chi connectivity index (χ4n) is 1.53. The van der Waals surface area contributed by atoms with Gasteiger partial charge in [0, 0.05) is 19.4 Å². The number of sulfonamides is 1. The summed E-state index contributed by atoms with van der Waals surface area (Å²) in [5.41, 5.74) is 0.645. The standard InChI is InChI=1S/C12H11Cl2N3O2S/c1-17(8-9-4-2-3-5-15-9)20(18,19)10-6-11(13)12(14)16-7-10/h2-7H,8H2,1H3. The number of hydrogen-bond acceptors (Lipinski definition) is 4. The third-order valence-electron chi connectivity index (χ3n) is 2.59. The molecule has 0 atom stereocenters. The van der Waals surface area contributed by atoms with Gasteiger partial charge in [0.1, 0.15) is 10.0 Å². The van der Waals surface area contributed by atoms with E-state index in [9.17, 15) is 8.42 Å². The molecule has 0 aliphatic rings. The Kier molecular flexibility index (Phi) is 4.59. The Labute approximate surface area is 127 Å². The molecule has 2 rings (SSSR count). The molecule has 0 radical (unpaired) electrons.